The molecule has 2 aromatic carbocycles. The van der Waals surface area contributed by atoms with Crippen molar-refractivity contribution in [1.29, 1.82) is 0 Å². The van der Waals surface area contributed by atoms with Gasteiger partial charge >= 0.3 is 5.97 Å². The predicted molar refractivity (Wildman–Crippen MR) is 105 cm³/mol. The molecule has 1 amide bonds. The van der Waals surface area contributed by atoms with Gasteiger partial charge in [-0.3, -0.25) is 14.9 Å². The van der Waals surface area contributed by atoms with E-state index in [4.69, 9.17) is 9.47 Å². The Morgan fingerprint density at radius 1 is 1.21 bits per heavy atom. The third kappa shape index (κ3) is 5.23. The van der Waals surface area contributed by atoms with Gasteiger partial charge in [0.25, 0.3) is 11.6 Å². The first kappa shape index (κ1) is 21.2. The number of esters is 1. The van der Waals surface area contributed by atoms with Crippen LogP contribution in [0.5, 0.6) is 5.75 Å². The first-order valence-corrected chi connectivity index (χ1v) is 9.45. The lowest BCUT2D eigenvalue weighted by Gasteiger charge is -2.18. The summed E-state index contributed by atoms with van der Waals surface area (Å²) in [7, 11) is 3.13. The molecule has 0 aliphatic rings. The van der Waals surface area contributed by atoms with Crippen LogP contribution in [0.1, 0.15) is 15.9 Å². The third-order valence-corrected chi connectivity index (χ3v) is 4.75. The summed E-state index contributed by atoms with van der Waals surface area (Å²) in [6.07, 6.45) is 1.70. The van der Waals surface area contributed by atoms with Crippen LogP contribution in [0.25, 0.3) is 0 Å². The molecule has 0 saturated carbocycles. The van der Waals surface area contributed by atoms with Crippen molar-refractivity contribution < 1.29 is 24.0 Å². The van der Waals surface area contributed by atoms with Crippen LogP contribution in [0, 0.1) is 10.1 Å². The number of amides is 1. The average Bonchev–Trinajstić information content (AvgIpc) is 2.71. The van der Waals surface area contributed by atoms with Gasteiger partial charge in [-0.15, -0.1) is 11.8 Å². The van der Waals surface area contributed by atoms with Gasteiger partial charge in [-0.05, 0) is 24.5 Å². The fourth-order valence-corrected chi connectivity index (χ4v) is 3.00. The first-order chi connectivity index (χ1) is 13.4. The van der Waals surface area contributed by atoms with E-state index in [1.807, 2.05) is 18.2 Å². The Hall–Kier alpha value is -3.07. The highest BCUT2D eigenvalue weighted by Crippen LogP contribution is 2.28. The molecule has 0 fully saturated rings. The molecule has 8 nitrogen and oxygen atoms in total. The zero-order chi connectivity index (χ0) is 20.7. The molecule has 9 heteroatoms. The number of nitrogens with zero attached hydrogens (tertiary/aromatic N) is 2. The second kappa shape index (κ2) is 9.75. The Morgan fingerprint density at radius 3 is 2.57 bits per heavy atom. The van der Waals surface area contributed by atoms with Gasteiger partial charge in [-0.1, -0.05) is 18.2 Å². The van der Waals surface area contributed by atoms with Gasteiger partial charge in [0.05, 0.1) is 22.5 Å². The standard InChI is InChI=1S/C19H20N2O6S/c1-20(11-14-6-4-5-7-16(14)26-2)18(22)12-27-19(23)13-8-9-17(28-3)15(10-13)21(24)25/h4-10H,11-12H2,1-3H3. The van der Waals surface area contributed by atoms with Crippen molar-refractivity contribution in [3.05, 3.63) is 63.7 Å². The summed E-state index contributed by atoms with van der Waals surface area (Å²) < 4.78 is 10.3. The minimum absolute atomic E-state index is 0.0182. The summed E-state index contributed by atoms with van der Waals surface area (Å²) in [5, 5.41) is 11.1. The Labute approximate surface area is 166 Å². The summed E-state index contributed by atoms with van der Waals surface area (Å²) in [4.78, 5) is 36.8. The molecule has 0 bridgehead atoms. The van der Waals surface area contributed by atoms with Crippen LogP contribution in [0.15, 0.2) is 47.4 Å². The zero-order valence-corrected chi connectivity index (χ0v) is 16.5. The molecule has 0 heterocycles. The highest BCUT2D eigenvalue weighted by Gasteiger charge is 2.19. The molecular formula is C19H20N2O6S. The van der Waals surface area contributed by atoms with E-state index < -0.39 is 23.4 Å². The number of likely N-dealkylation sites (N-methyl/N-ethyl adjacent to an activating group) is 1. The highest BCUT2D eigenvalue weighted by molar-refractivity contribution is 7.98. The number of rotatable bonds is 8. The van der Waals surface area contributed by atoms with E-state index >= 15 is 0 Å². The molecule has 148 valence electrons. The number of nitro benzene ring substituents is 1. The Balaban J connectivity index is 1.99. The van der Waals surface area contributed by atoms with Gasteiger partial charge in [0.15, 0.2) is 6.61 Å². The van der Waals surface area contributed by atoms with Crippen molar-refractivity contribution in [2.45, 2.75) is 11.4 Å². The second-order valence-electron chi connectivity index (χ2n) is 5.78. The maximum Gasteiger partial charge on any atom is 0.338 e. The number of hydrogen-bond donors (Lipinski definition) is 0. The van der Waals surface area contributed by atoms with Crippen LogP contribution in [0.2, 0.25) is 0 Å². The molecule has 28 heavy (non-hydrogen) atoms. The number of carbonyl (C=O) groups excluding carboxylic acids is 2. The van der Waals surface area contributed by atoms with Crippen LogP contribution in [-0.4, -0.2) is 48.7 Å². The van der Waals surface area contributed by atoms with E-state index in [0.29, 0.717) is 10.6 Å². The molecule has 0 atom stereocenters. The molecule has 0 spiro atoms. The monoisotopic (exact) mass is 404 g/mol. The van der Waals surface area contributed by atoms with Crippen molar-refractivity contribution >= 4 is 29.3 Å². The van der Waals surface area contributed by atoms with Crippen molar-refractivity contribution in [2.75, 3.05) is 27.0 Å². The summed E-state index contributed by atoms with van der Waals surface area (Å²) in [5.74, 6) is -0.551. The van der Waals surface area contributed by atoms with Gasteiger partial charge < -0.3 is 14.4 Å². The smallest absolute Gasteiger partial charge is 0.338 e. The fourth-order valence-electron chi connectivity index (χ4n) is 2.46. The molecule has 2 rings (SSSR count). The molecule has 0 aliphatic carbocycles. The lowest BCUT2D eigenvalue weighted by Crippen LogP contribution is -2.31. The SMILES string of the molecule is COc1ccccc1CN(C)C(=O)COC(=O)c1ccc(SC)c([N+](=O)[O-])c1. The van der Waals surface area contributed by atoms with Crippen LogP contribution in [0.3, 0.4) is 0 Å². The van der Waals surface area contributed by atoms with E-state index in [0.717, 1.165) is 11.6 Å². The first-order valence-electron chi connectivity index (χ1n) is 8.22. The quantitative estimate of drug-likeness (QED) is 0.288. The van der Waals surface area contributed by atoms with Crippen molar-refractivity contribution in [2.24, 2.45) is 0 Å². The van der Waals surface area contributed by atoms with Crippen LogP contribution >= 0.6 is 11.8 Å². The van der Waals surface area contributed by atoms with E-state index in [1.54, 1.807) is 26.5 Å². The molecule has 2 aromatic rings. The normalized spacial score (nSPS) is 10.2. The number of para-hydroxylation sites is 1. The van der Waals surface area contributed by atoms with E-state index in [2.05, 4.69) is 0 Å². The van der Waals surface area contributed by atoms with Crippen LogP contribution in [0.4, 0.5) is 5.69 Å². The van der Waals surface area contributed by atoms with Crippen LogP contribution in [-0.2, 0) is 16.1 Å². The number of carbonyl (C=O) groups is 2. The number of benzene rings is 2. The van der Waals surface area contributed by atoms with E-state index in [-0.39, 0.29) is 17.8 Å². The average molecular weight is 404 g/mol. The minimum atomic E-state index is -0.796. The maximum absolute atomic E-state index is 12.3. The molecule has 0 saturated heterocycles. The van der Waals surface area contributed by atoms with E-state index in [1.165, 1.54) is 28.8 Å². The molecular weight excluding hydrogens is 384 g/mol. The summed E-state index contributed by atoms with van der Waals surface area (Å²) >= 11 is 1.21. The second-order valence-corrected chi connectivity index (χ2v) is 6.63. The molecule has 0 radical (unpaired) electrons. The Bertz CT molecular complexity index is 886. The van der Waals surface area contributed by atoms with Gasteiger partial charge in [-0.2, -0.15) is 0 Å². The summed E-state index contributed by atoms with van der Waals surface area (Å²) in [6.45, 7) is -0.184. The molecule has 0 aliphatic heterocycles. The molecule has 0 N–H and O–H groups in total. The van der Waals surface area contributed by atoms with Crippen molar-refractivity contribution in [3.63, 3.8) is 0 Å². The van der Waals surface area contributed by atoms with E-state index in [9.17, 15) is 19.7 Å². The van der Waals surface area contributed by atoms with Gasteiger partial charge in [0.2, 0.25) is 0 Å². The number of hydrogen-bond acceptors (Lipinski definition) is 7. The zero-order valence-electron chi connectivity index (χ0n) is 15.7. The van der Waals surface area contributed by atoms with Gasteiger partial charge in [0.1, 0.15) is 5.75 Å². The van der Waals surface area contributed by atoms with Gasteiger partial charge in [0, 0.05) is 25.2 Å². The number of methoxy groups -OCH3 is 1. The largest absolute Gasteiger partial charge is 0.496 e. The predicted octanol–water partition coefficient (Wildman–Crippen LogP) is 3.14. The summed E-state index contributed by atoms with van der Waals surface area (Å²) in [5.41, 5.74) is 0.654. The third-order valence-electron chi connectivity index (χ3n) is 3.96. The lowest BCUT2D eigenvalue weighted by molar-refractivity contribution is -0.387. The summed E-state index contributed by atoms with van der Waals surface area (Å²) in [6, 6.07) is 11.4. The Kier molecular flexibility index (Phi) is 7.39. The molecule has 0 aromatic heterocycles. The lowest BCUT2D eigenvalue weighted by atomic mass is 10.2. The molecule has 0 unspecified atom stereocenters. The van der Waals surface area contributed by atoms with Crippen LogP contribution < -0.4 is 4.74 Å². The Morgan fingerprint density at radius 2 is 1.93 bits per heavy atom. The fraction of sp³-hybridized carbons (Fsp3) is 0.263. The topological polar surface area (TPSA) is 99.0 Å². The highest BCUT2D eigenvalue weighted by atomic mass is 32.2. The van der Waals surface area contributed by atoms with Crippen molar-refractivity contribution in [3.8, 4) is 5.75 Å². The van der Waals surface area contributed by atoms with Gasteiger partial charge in [-0.25, -0.2) is 4.79 Å². The van der Waals surface area contributed by atoms with Crippen molar-refractivity contribution in [1.82, 2.24) is 4.90 Å². The number of thioether (sulfide) groups is 1. The maximum atomic E-state index is 12.3. The number of ether oxygens (including phenoxy) is 2. The minimum Gasteiger partial charge on any atom is -0.496 e. The number of nitro groups is 1.